The van der Waals surface area contributed by atoms with E-state index < -0.39 is 23.3 Å². The van der Waals surface area contributed by atoms with Crippen LogP contribution < -0.4 is 10.1 Å². The van der Waals surface area contributed by atoms with E-state index in [1.54, 1.807) is 19.1 Å². The maximum absolute atomic E-state index is 12.5. The molecule has 162 valence electrons. The molecule has 0 bridgehead atoms. The zero-order chi connectivity index (χ0) is 22.8. The number of carboxylic acid groups (broad SMARTS) is 1. The topological polar surface area (TPSA) is 102 Å². The normalized spacial score (nSPS) is 14.5. The van der Waals surface area contributed by atoms with Crippen molar-refractivity contribution in [2.24, 2.45) is 5.41 Å². The first-order valence-corrected chi connectivity index (χ1v) is 9.88. The maximum Gasteiger partial charge on any atom is 0.333 e. The zero-order valence-electron chi connectivity index (χ0n) is 17.7. The van der Waals surface area contributed by atoms with E-state index in [0.29, 0.717) is 17.6 Å². The smallest absolute Gasteiger partial charge is 0.333 e. The number of carboxylic acids is 1. The van der Waals surface area contributed by atoms with Gasteiger partial charge < -0.3 is 19.9 Å². The highest BCUT2D eigenvalue weighted by Crippen LogP contribution is 2.44. The van der Waals surface area contributed by atoms with Crippen LogP contribution in [0.15, 0.2) is 54.6 Å². The van der Waals surface area contributed by atoms with Gasteiger partial charge in [0.2, 0.25) is 0 Å². The molecule has 1 heterocycles. The van der Waals surface area contributed by atoms with Crippen LogP contribution in [0.25, 0.3) is 0 Å². The molecule has 0 aromatic heterocycles. The molecule has 0 aliphatic carbocycles. The lowest BCUT2D eigenvalue weighted by atomic mass is 9.88. The van der Waals surface area contributed by atoms with Crippen molar-refractivity contribution >= 4 is 23.6 Å². The van der Waals surface area contributed by atoms with Crippen LogP contribution >= 0.6 is 0 Å². The standard InChI is InChI=1S/C24H25NO6/c1-14(2)21(26)30-12-11-15-9-10-19(31-23(29)24(3,4)22(27)28)17(13-15)20-16-7-5-6-8-18(16)25-20/h5-10,13,20,25H,1,11-12H2,2-4H3,(H,27,28). The molecule has 1 aliphatic heterocycles. The van der Waals surface area contributed by atoms with Gasteiger partial charge in [0, 0.05) is 28.8 Å². The van der Waals surface area contributed by atoms with Crippen molar-refractivity contribution < 1.29 is 29.0 Å². The number of hydrogen-bond donors (Lipinski definition) is 2. The van der Waals surface area contributed by atoms with Crippen molar-refractivity contribution in [3.05, 3.63) is 71.3 Å². The van der Waals surface area contributed by atoms with Crippen LogP contribution in [0, 0.1) is 5.41 Å². The van der Waals surface area contributed by atoms with Crippen molar-refractivity contribution in [2.45, 2.75) is 33.2 Å². The number of carbonyl (C=O) groups excluding carboxylic acids is 2. The van der Waals surface area contributed by atoms with Crippen LogP contribution in [0.5, 0.6) is 5.75 Å². The van der Waals surface area contributed by atoms with E-state index in [-0.39, 0.29) is 18.4 Å². The fourth-order valence-electron chi connectivity index (χ4n) is 3.05. The van der Waals surface area contributed by atoms with Crippen LogP contribution in [0.3, 0.4) is 0 Å². The third kappa shape index (κ3) is 4.60. The van der Waals surface area contributed by atoms with E-state index in [2.05, 4.69) is 11.9 Å². The van der Waals surface area contributed by atoms with E-state index in [9.17, 15) is 19.5 Å². The average Bonchev–Trinajstić information content (AvgIpc) is 2.70. The molecule has 1 atom stereocenters. The fraction of sp³-hybridized carbons (Fsp3) is 0.292. The minimum atomic E-state index is -1.68. The van der Waals surface area contributed by atoms with Gasteiger partial charge in [0.05, 0.1) is 12.6 Å². The molecule has 2 aromatic rings. The van der Waals surface area contributed by atoms with Gasteiger partial charge in [-0.15, -0.1) is 0 Å². The van der Waals surface area contributed by atoms with E-state index in [4.69, 9.17) is 9.47 Å². The number of aliphatic carboxylic acids is 1. The third-order valence-corrected chi connectivity index (χ3v) is 5.18. The molecule has 1 unspecified atom stereocenters. The average molecular weight is 423 g/mol. The molecule has 0 saturated heterocycles. The lowest BCUT2D eigenvalue weighted by Gasteiger charge is -2.34. The Morgan fingerprint density at radius 3 is 2.48 bits per heavy atom. The first kappa shape index (κ1) is 22.1. The summed E-state index contributed by atoms with van der Waals surface area (Å²) in [6, 6.07) is 12.8. The highest BCUT2D eigenvalue weighted by atomic mass is 16.5. The van der Waals surface area contributed by atoms with Gasteiger partial charge in [0.15, 0.2) is 5.41 Å². The summed E-state index contributed by atoms with van der Waals surface area (Å²) < 4.78 is 10.7. The second-order valence-corrected chi connectivity index (χ2v) is 8.02. The fourth-order valence-corrected chi connectivity index (χ4v) is 3.05. The van der Waals surface area contributed by atoms with Gasteiger partial charge in [-0.1, -0.05) is 30.8 Å². The van der Waals surface area contributed by atoms with Crippen molar-refractivity contribution in [3.63, 3.8) is 0 Å². The summed E-state index contributed by atoms with van der Waals surface area (Å²) in [5, 5.41) is 12.6. The van der Waals surface area contributed by atoms with Crippen molar-refractivity contribution in [3.8, 4) is 5.75 Å². The largest absolute Gasteiger partial charge is 0.480 e. The molecule has 3 rings (SSSR count). The second-order valence-electron chi connectivity index (χ2n) is 8.02. The lowest BCUT2D eigenvalue weighted by molar-refractivity contribution is -0.160. The Bertz CT molecular complexity index is 1060. The number of rotatable bonds is 8. The van der Waals surface area contributed by atoms with Gasteiger partial charge in [-0.2, -0.15) is 0 Å². The predicted octanol–water partition coefficient (Wildman–Crippen LogP) is 3.88. The number of benzene rings is 2. The van der Waals surface area contributed by atoms with Crippen LogP contribution in [-0.2, 0) is 25.5 Å². The van der Waals surface area contributed by atoms with Gasteiger partial charge >= 0.3 is 17.9 Å². The van der Waals surface area contributed by atoms with Crippen molar-refractivity contribution in [1.82, 2.24) is 0 Å². The van der Waals surface area contributed by atoms with Crippen LogP contribution in [0.2, 0.25) is 0 Å². The highest BCUT2D eigenvalue weighted by molar-refractivity contribution is 5.99. The number of esters is 2. The summed E-state index contributed by atoms with van der Waals surface area (Å²) in [5.74, 6) is -2.27. The van der Waals surface area contributed by atoms with E-state index in [1.165, 1.54) is 13.8 Å². The summed E-state index contributed by atoms with van der Waals surface area (Å²) in [6.07, 6.45) is 0.467. The third-order valence-electron chi connectivity index (χ3n) is 5.18. The molecule has 0 spiro atoms. The zero-order valence-corrected chi connectivity index (χ0v) is 17.7. The molecular formula is C24H25NO6. The molecule has 0 fully saturated rings. The number of carbonyl (C=O) groups is 3. The summed E-state index contributed by atoms with van der Waals surface area (Å²) in [7, 11) is 0. The quantitative estimate of drug-likeness (QED) is 0.287. The monoisotopic (exact) mass is 423 g/mol. The van der Waals surface area contributed by atoms with E-state index in [1.807, 2.05) is 30.3 Å². The van der Waals surface area contributed by atoms with Gasteiger partial charge in [-0.3, -0.25) is 9.59 Å². The Hall–Kier alpha value is -3.61. The minimum Gasteiger partial charge on any atom is -0.480 e. The summed E-state index contributed by atoms with van der Waals surface area (Å²) in [5.41, 5.74) is 2.27. The SMILES string of the molecule is C=C(C)C(=O)OCCc1ccc(OC(=O)C(C)(C)C(=O)O)c(C2Nc3ccccc32)c1. The summed E-state index contributed by atoms with van der Waals surface area (Å²) >= 11 is 0. The van der Waals surface area contributed by atoms with Crippen LogP contribution in [0.1, 0.15) is 43.5 Å². The van der Waals surface area contributed by atoms with Crippen molar-refractivity contribution in [2.75, 3.05) is 11.9 Å². The lowest BCUT2D eigenvalue weighted by Crippen LogP contribution is -2.37. The number of para-hydroxylation sites is 1. The van der Waals surface area contributed by atoms with Crippen LogP contribution in [-0.4, -0.2) is 29.6 Å². The number of fused-ring (bicyclic) bond motifs is 1. The Labute approximate surface area is 180 Å². The summed E-state index contributed by atoms with van der Waals surface area (Å²) in [6.45, 7) is 7.94. The molecule has 0 radical (unpaired) electrons. The number of ether oxygens (including phenoxy) is 2. The van der Waals surface area contributed by atoms with E-state index >= 15 is 0 Å². The molecular weight excluding hydrogens is 398 g/mol. The van der Waals surface area contributed by atoms with E-state index in [0.717, 1.165) is 16.8 Å². The molecule has 0 saturated carbocycles. The Morgan fingerprint density at radius 2 is 1.84 bits per heavy atom. The number of hydrogen-bond acceptors (Lipinski definition) is 6. The Balaban J connectivity index is 1.86. The first-order chi connectivity index (χ1) is 14.6. The number of nitrogens with one attached hydrogen (secondary N) is 1. The van der Waals surface area contributed by atoms with Gasteiger partial charge in [0.1, 0.15) is 5.75 Å². The minimum absolute atomic E-state index is 0.186. The Kier molecular flexibility index (Phi) is 6.15. The van der Waals surface area contributed by atoms with Gasteiger partial charge in [0.25, 0.3) is 0 Å². The molecule has 7 nitrogen and oxygen atoms in total. The Morgan fingerprint density at radius 1 is 1.13 bits per heavy atom. The number of anilines is 1. The predicted molar refractivity (Wildman–Crippen MR) is 115 cm³/mol. The molecule has 2 aromatic carbocycles. The second kappa shape index (κ2) is 8.63. The molecule has 1 aliphatic rings. The molecule has 2 N–H and O–H groups in total. The van der Waals surface area contributed by atoms with Crippen LogP contribution in [0.4, 0.5) is 5.69 Å². The molecule has 31 heavy (non-hydrogen) atoms. The van der Waals surface area contributed by atoms with Gasteiger partial charge in [-0.05, 0) is 44.5 Å². The van der Waals surface area contributed by atoms with Gasteiger partial charge in [-0.25, -0.2) is 4.79 Å². The molecule has 7 heteroatoms. The van der Waals surface area contributed by atoms with Crippen molar-refractivity contribution in [1.29, 1.82) is 0 Å². The molecule has 0 amide bonds. The highest BCUT2D eigenvalue weighted by Gasteiger charge is 2.39. The summed E-state index contributed by atoms with van der Waals surface area (Å²) in [4.78, 5) is 35.5. The first-order valence-electron chi connectivity index (χ1n) is 9.88. The maximum atomic E-state index is 12.5.